The molecule has 22 heavy (non-hydrogen) atoms. The van der Waals surface area contributed by atoms with Crippen molar-refractivity contribution in [2.75, 3.05) is 11.9 Å². The van der Waals surface area contributed by atoms with E-state index in [1.807, 2.05) is 19.1 Å². The SMILES string of the molecule is Cc1ccc(NC(=O)NC(CO)c2ccc(Cl)c(F)c2)cc1. The van der Waals surface area contributed by atoms with Gasteiger partial charge in [0, 0.05) is 5.69 Å². The number of urea groups is 1. The van der Waals surface area contributed by atoms with Crippen LogP contribution < -0.4 is 10.6 Å². The van der Waals surface area contributed by atoms with Gasteiger partial charge in [0.15, 0.2) is 0 Å². The summed E-state index contributed by atoms with van der Waals surface area (Å²) in [6, 6.07) is 10.2. The Bertz CT molecular complexity index is 662. The molecule has 0 spiro atoms. The molecule has 0 aliphatic heterocycles. The highest BCUT2D eigenvalue weighted by Crippen LogP contribution is 2.20. The number of hydrogen-bond donors (Lipinski definition) is 3. The second-order valence-electron chi connectivity index (χ2n) is 4.87. The van der Waals surface area contributed by atoms with Gasteiger partial charge in [0.25, 0.3) is 0 Å². The van der Waals surface area contributed by atoms with Crippen LogP contribution in [0.5, 0.6) is 0 Å². The molecule has 0 aliphatic rings. The van der Waals surface area contributed by atoms with Crippen LogP contribution in [0.15, 0.2) is 42.5 Å². The summed E-state index contributed by atoms with van der Waals surface area (Å²) in [5.74, 6) is -0.599. The molecule has 2 aromatic rings. The van der Waals surface area contributed by atoms with Crippen LogP contribution in [-0.2, 0) is 0 Å². The number of benzene rings is 2. The number of aliphatic hydroxyl groups excluding tert-OH is 1. The van der Waals surface area contributed by atoms with Crippen molar-refractivity contribution in [2.24, 2.45) is 0 Å². The number of anilines is 1. The summed E-state index contributed by atoms with van der Waals surface area (Å²) in [7, 11) is 0. The summed E-state index contributed by atoms with van der Waals surface area (Å²) in [5.41, 5.74) is 2.14. The van der Waals surface area contributed by atoms with E-state index in [2.05, 4.69) is 10.6 Å². The summed E-state index contributed by atoms with van der Waals surface area (Å²) in [5, 5.41) is 14.6. The molecule has 3 N–H and O–H groups in total. The molecule has 6 heteroatoms. The van der Waals surface area contributed by atoms with Crippen molar-refractivity contribution in [1.29, 1.82) is 0 Å². The fourth-order valence-corrected chi connectivity index (χ4v) is 2.04. The zero-order chi connectivity index (χ0) is 16.1. The number of halogens is 2. The smallest absolute Gasteiger partial charge is 0.319 e. The van der Waals surface area contributed by atoms with Crippen LogP contribution in [0.1, 0.15) is 17.2 Å². The Kier molecular flexibility index (Phi) is 5.35. The maximum Gasteiger partial charge on any atom is 0.319 e. The lowest BCUT2D eigenvalue weighted by Gasteiger charge is -2.17. The summed E-state index contributed by atoms with van der Waals surface area (Å²) >= 11 is 5.62. The average molecular weight is 323 g/mol. The molecule has 2 aromatic carbocycles. The van der Waals surface area contributed by atoms with Crippen molar-refractivity contribution in [2.45, 2.75) is 13.0 Å². The first-order valence-corrected chi connectivity index (χ1v) is 7.07. The average Bonchev–Trinajstić information content (AvgIpc) is 2.50. The normalized spacial score (nSPS) is 11.8. The van der Waals surface area contributed by atoms with Crippen LogP contribution in [0.2, 0.25) is 5.02 Å². The topological polar surface area (TPSA) is 61.4 Å². The van der Waals surface area contributed by atoms with Crippen LogP contribution in [0.3, 0.4) is 0 Å². The largest absolute Gasteiger partial charge is 0.394 e. The zero-order valence-corrected chi connectivity index (χ0v) is 12.7. The molecule has 2 amide bonds. The number of aliphatic hydroxyl groups is 1. The molecule has 0 heterocycles. The fourth-order valence-electron chi connectivity index (χ4n) is 1.93. The van der Waals surface area contributed by atoms with Crippen molar-refractivity contribution in [3.05, 3.63) is 64.4 Å². The molecule has 0 radical (unpaired) electrons. The van der Waals surface area contributed by atoms with E-state index < -0.39 is 17.9 Å². The number of rotatable bonds is 4. The minimum absolute atomic E-state index is 0.00968. The predicted molar refractivity (Wildman–Crippen MR) is 84.6 cm³/mol. The van der Waals surface area contributed by atoms with Gasteiger partial charge in [-0.25, -0.2) is 9.18 Å². The quantitative estimate of drug-likeness (QED) is 0.804. The van der Waals surface area contributed by atoms with E-state index in [1.165, 1.54) is 12.1 Å². The third-order valence-electron chi connectivity index (χ3n) is 3.14. The number of nitrogens with one attached hydrogen (secondary N) is 2. The minimum Gasteiger partial charge on any atom is -0.394 e. The first-order valence-electron chi connectivity index (χ1n) is 6.69. The Morgan fingerprint density at radius 3 is 2.55 bits per heavy atom. The fraction of sp³-hybridized carbons (Fsp3) is 0.188. The Labute approximate surface area is 132 Å². The van der Waals surface area contributed by atoms with Gasteiger partial charge in [-0.05, 0) is 36.8 Å². The van der Waals surface area contributed by atoms with Gasteiger partial charge < -0.3 is 15.7 Å². The second-order valence-corrected chi connectivity index (χ2v) is 5.28. The molecule has 4 nitrogen and oxygen atoms in total. The maximum absolute atomic E-state index is 13.5. The van der Waals surface area contributed by atoms with Gasteiger partial charge in [-0.3, -0.25) is 0 Å². The number of carbonyl (C=O) groups is 1. The first-order chi connectivity index (χ1) is 10.5. The molecule has 2 rings (SSSR count). The lowest BCUT2D eigenvalue weighted by Crippen LogP contribution is -2.34. The van der Waals surface area contributed by atoms with E-state index in [0.717, 1.165) is 5.56 Å². The van der Waals surface area contributed by atoms with Crippen molar-refractivity contribution < 1.29 is 14.3 Å². The highest BCUT2D eigenvalue weighted by Gasteiger charge is 2.15. The lowest BCUT2D eigenvalue weighted by molar-refractivity contribution is 0.225. The Morgan fingerprint density at radius 1 is 1.27 bits per heavy atom. The Morgan fingerprint density at radius 2 is 1.95 bits per heavy atom. The second kappa shape index (κ2) is 7.24. The zero-order valence-electron chi connectivity index (χ0n) is 11.9. The van der Waals surface area contributed by atoms with Gasteiger partial charge in [0.1, 0.15) is 5.82 Å². The molecule has 116 valence electrons. The molecular formula is C16H16ClFN2O2. The predicted octanol–water partition coefficient (Wildman–Crippen LogP) is 3.64. The van der Waals surface area contributed by atoms with E-state index in [4.69, 9.17) is 11.6 Å². The van der Waals surface area contributed by atoms with E-state index >= 15 is 0 Å². The van der Waals surface area contributed by atoms with Gasteiger partial charge in [0.05, 0.1) is 17.7 Å². The number of carbonyl (C=O) groups excluding carboxylic acids is 1. The van der Waals surface area contributed by atoms with Crippen LogP contribution >= 0.6 is 11.6 Å². The third-order valence-corrected chi connectivity index (χ3v) is 3.45. The Hall–Kier alpha value is -2.11. The molecule has 1 atom stereocenters. The molecule has 0 bridgehead atoms. The molecule has 0 aromatic heterocycles. The van der Waals surface area contributed by atoms with Crippen molar-refractivity contribution in [3.8, 4) is 0 Å². The van der Waals surface area contributed by atoms with Crippen LogP contribution in [0.25, 0.3) is 0 Å². The summed E-state index contributed by atoms with van der Waals surface area (Å²) in [4.78, 5) is 11.9. The minimum atomic E-state index is -0.725. The molecule has 1 unspecified atom stereocenters. The van der Waals surface area contributed by atoms with E-state index in [1.54, 1.807) is 18.2 Å². The van der Waals surface area contributed by atoms with Crippen molar-refractivity contribution >= 4 is 23.3 Å². The highest BCUT2D eigenvalue weighted by molar-refractivity contribution is 6.30. The van der Waals surface area contributed by atoms with Gasteiger partial charge in [-0.1, -0.05) is 35.4 Å². The van der Waals surface area contributed by atoms with E-state index in [9.17, 15) is 14.3 Å². The molecule has 0 saturated carbocycles. The summed E-state index contributed by atoms with van der Waals surface area (Å²) in [6.07, 6.45) is 0. The standard InChI is InChI=1S/C16H16ClFN2O2/c1-10-2-5-12(6-3-10)19-16(22)20-15(9-21)11-4-7-13(17)14(18)8-11/h2-8,15,21H,9H2,1H3,(H2,19,20,22). The molecular weight excluding hydrogens is 307 g/mol. The van der Waals surface area contributed by atoms with Gasteiger partial charge in [0.2, 0.25) is 0 Å². The van der Waals surface area contributed by atoms with E-state index in [0.29, 0.717) is 11.3 Å². The molecule has 0 saturated heterocycles. The summed E-state index contributed by atoms with van der Waals surface area (Å²) < 4.78 is 13.5. The van der Waals surface area contributed by atoms with Gasteiger partial charge >= 0.3 is 6.03 Å². The van der Waals surface area contributed by atoms with E-state index in [-0.39, 0.29) is 11.6 Å². The van der Waals surface area contributed by atoms with Crippen LogP contribution in [0, 0.1) is 12.7 Å². The number of amides is 2. The number of hydrogen-bond acceptors (Lipinski definition) is 2. The van der Waals surface area contributed by atoms with Crippen LogP contribution in [0.4, 0.5) is 14.9 Å². The summed E-state index contributed by atoms with van der Waals surface area (Å²) in [6.45, 7) is 1.59. The maximum atomic E-state index is 13.5. The highest BCUT2D eigenvalue weighted by atomic mass is 35.5. The Balaban J connectivity index is 2.04. The van der Waals surface area contributed by atoms with Gasteiger partial charge in [-0.15, -0.1) is 0 Å². The van der Waals surface area contributed by atoms with Crippen LogP contribution in [-0.4, -0.2) is 17.7 Å². The van der Waals surface area contributed by atoms with Crippen molar-refractivity contribution in [1.82, 2.24) is 5.32 Å². The molecule has 0 aliphatic carbocycles. The van der Waals surface area contributed by atoms with Gasteiger partial charge in [-0.2, -0.15) is 0 Å². The monoisotopic (exact) mass is 322 g/mol. The molecule has 0 fully saturated rings. The van der Waals surface area contributed by atoms with Crippen molar-refractivity contribution in [3.63, 3.8) is 0 Å². The lowest BCUT2D eigenvalue weighted by atomic mass is 10.1. The third kappa shape index (κ3) is 4.19. The first kappa shape index (κ1) is 16.3. The number of aryl methyl sites for hydroxylation is 1.